The number of benzene rings is 6. The smallest absolute Gasteiger partial charge is 0.164 e. The summed E-state index contributed by atoms with van der Waals surface area (Å²) < 4.78 is 9.00. The molecule has 4 nitrogen and oxygen atoms in total. The van der Waals surface area contributed by atoms with E-state index in [-0.39, 0.29) is 0 Å². The normalized spacial score (nSPS) is 11.6. The molecular weight excluding hydrogens is 559 g/mol. The average molecular weight is 582 g/mol. The molecule has 44 heavy (non-hydrogen) atoms. The van der Waals surface area contributed by atoms with E-state index in [2.05, 4.69) is 103 Å². The summed E-state index contributed by atoms with van der Waals surface area (Å²) in [6.45, 7) is 0. The van der Waals surface area contributed by atoms with E-state index in [0.717, 1.165) is 44.2 Å². The first kappa shape index (κ1) is 24.9. The standard InChI is InChI=1S/C39H23N3OS/c1-3-9-24(10-4-1)25-15-17-27(18-16-25)38-40-37(26-11-5-2-6-12-26)41-39(42-38)28-19-20-29-32(23-28)43-31-21-22-34-36(35(29)31)30-13-7-8-14-33(30)44-34/h1-23H. The largest absolute Gasteiger partial charge is 0.456 e. The topological polar surface area (TPSA) is 51.8 Å². The van der Waals surface area contributed by atoms with Gasteiger partial charge < -0.3 is 4.42 Å². The van der Waals surface area contributed by atoms with Gasteiger partial charge in [0, 0.05) is 47.6 Å². The number of aromatic nitrogens is 3. The molecular formula is C39H23N3OS. The minimum atomic E-state index is 0.606. The minimum absolute atomic E-state index is 0.606. The third-order valence-electron chi connectivity index (χ3n) is 8.15. The molecule has 6 aromatic carbocycles. The van der Waals surface area contributed by atoms with Crippen molar-refractivity contribution in [2.24, 2.45) is 0 Å². The van der Waals surface area contributed by atoms with Crippen LogP contribution in [0.1, 0.15) is 0 Å². The molecule has 0 radical (unpaired) electrons. The number of furan rings is 1. The number of hydrogen-bond acceptors (Lipinski definition) is 5. The van der Waals surface area contributed by atoms with Gasteiger partial charge in [0.2, 0.25) is 0 Å². The first-order chi connectivity index (χ1) is 21.8. The Kier molecular flexibility index (Phi) is 5.64. The van der Waals surface area contributed by atoms with E-state index < -0.39 is 0 Å². The molecule has 0 aliphatic heterocycles. The highest BCUT2D eigenvalue weighted by Gasteiger charge is 2.17. The Hall–Kier alpha value is -5.65. The van der Waals surface area contributed by atoms with Crippen LogP contribution in [-0.2, 0) is 0 Å². The fourth-order valence-electron chi connectivity index (χ4n) is 6.01. The van der Waals surface area contributed by atoms with Crippen molar-refractivity contribution >= 4 is 53.4 Å². The first-order valence-corrected chi connectivity index (χ1v) is 15.3. The summed E-state index contributed by atoms with van der Waals surface area (Å²) in [6, 6.07) is 47.9. The zero-order chi connectivity index (χ0) is 29.0. The van der Waals surface area contributed by atoms with E-state index in [1.807, 2.05) is 47.7 Å². The number of nitrogens with zero attached hydrogens (tertiary/aromatic N) is 3. The second-order valence-corrected chi connectivity index (χ2v) is 11.9. The predicted octanol–water partition coefficient (Wildman–Crippen LogP) is 10.8. The van der Waals surface area contributed by atoms with Gasteiger partial charge in [-0.05, 0) is 41.5 Å². The van der Waals surface area contributed by atoms with Crippen LogP contribution in [0.15, 0.2) is 144 Å². The van der Waals surface area contributed by atoms with E-state index in [1.54, 1.807) is 0 Å². The van der Waals surface area contributed by atoms with Crippen LogP contribution in [0.4, 0.5) is 0 Å². The highest BCUT2D eigenvalue weighted by molar-refractivity contribution is 7.26. The Labute approximate surface area is 256 Å². The van der Waals surface area contributed by atoms with E-state index in [9.17, 15) is 0 Å². The highest BCUT2D eigenvalue weighted by atomic mass is 32.1. The minimum Gasteiger partial charge on any atom is -0.456 e. The van der Waals surface area contributed by atoms with Crippen LogP contribution in [0.5, 0.6) is 0 Å². The third kappa shape index (κ3) is 4.09. The lowest BCUT2D eigenvalue weighted by molar-refractivity contribution is 0.669. The van der Waals surface area contributed by atoms with Crippen LogP contribution < -0.4 is 0 Å². The molecule has 0 saturated carbocycles. The molecule has 0 unspecified atom stereocenters. The Bertz CT molecular complexity index is 2480. The van der Waals surface area contributed by atoms with Crippen molar-refractivity contribution in [2.75, 3.05) is 0 Å². The van der Waals surface area contributed by atoms with Crippen LogP contribution in [0, 0.1) is 0 Å². The second kappa shape index (κ2) is 9.97. The number of hydrogen-bond donors (Lipinski definition) is 0. The monoisotopic (exact) mass is 581 g/mol. The van der Waals surface area contributed by atoms with Crippen molar-refractivity contribution in [3.63, 3.8) is 0 Å². The van der Waals surface area contributed by atoms with Crippen LogP contribution in [-0.4, -0.2) is 15.0 Å². The molecule has 0 saturated heterocycles. The molecule has 0 fully saturated rings. The lowest BCUT2D eigenvalue weighted by Crippen LogP contribution is -2.00. The number of rotatable bonds is 4. The number of thiophene rings is 1. The number of fused-ring (bicyclic) bond motifs is 7. The molecule has 0 aliphatic carbocycles. The van der Waals surface area contributed by atoms with Crippen molar-refractivity contribution in [1.29, 1.82) is 0 Å². The SMILES string of the molecule is c1ccc(-c2ccc(-c3nc(-c4ccccc4)nc(-c4ccc5c(c4)oc4ccc6sc7ccccc7c6c45)n3)cc2)cc1. The highest BCUT2D eigenvalue weighted by Crippen LogP contribution is 2.43. The van der Waals surface area contributed by atoms with Gasteiger partial charge in [0.15, 0.2) is 17.5 Å². The van der Waals surface area contributed by atoms with E-state index in [1.165, 1.54) is 25.7 Å². The van der Waals surface area contributed by atoms with E-state index in [4.69, 9.17) is 19.4 Å². The molecule has 0 spiro atoms. The summed E-state index contributed by atoms with van der Waals surface area (Å²) in [5, 5.41) is 4.76. The maximum Gasteiger partial charge on any atom is 0.164 e. The van der Waals surface area contributed by atoms with Crippen molar-refractivity contribution < 1.29 is 4.42 Å². The van der Waals surface area contributed by atoms with Gasteiger partial charge in [-0.15, -0.1) is 11.3 Å². The van der Waals surface area contributed by atoms with Crippen molar-refractivity contribution in [1.82, 2.24) is 15.0 Å². The maximum absolute atomic E-state index is 6.46. The molecule has 0 N–H and O–H groups in total. The van der Waals surface area contributed by atoms with Crippen molar-refractivity contribution in [3.8, 4) is 45.3 Å². The summed E-state index contributed by atoms with van der Waals surface area (Å²) in [4.78, 5) is 14.8. The van der Waals surface area contributed by atoms with Crippen molar-refractivity contribution in [3.05, 3.63) is 140 Å². The Morgan fingerprint density at radius 3 is 1.70 bits per heavy atom. The van der Waals surface area contributed by atoms with Crippen LogP contribution >= 0.6 is 11.3 Å². The van der Waals surface area contributed by atoms with Gasteiger partial charge in [0.05, 0.1) is 0 Å². The Balaban J connectivity index is 1.20. The van der Waals surface area contributed by atoms with Gasteiger partial charge in [-0.1, -0.05) is 109 Å². The maximum atomic E-state index is 6.46. The lowest BCUT2D eigenvalue weighted by Gasteiger charge is -2.09. The molecule has 3 aromatic heterocycles. The van der Waals surface area contributed by atoms with Crippen LogP contribution in [0.2, 0.25) is 0 Å². The quantitative estimate of drug-likeness (QED) is 0.207. The van der Waals surface area contributed by atoms with Crippen LogP contribution in [0.25, 0.3) is 87.4 Å². The molecule has 5 heteroatoms. The van der Waals surface area contributed by atoms with Crippen LogP contribution in [0.3, 0.4) is 0 Å². The zero-order valence-corrected chi connectivity index (χ0v) is 24.3. The van der Waals surface area contributed by atoms with Crippen molar-refractivity contribution in [2.45, 2.75) is 0 Å². The lowest BCUT2D eigenvalue weighted by atomic mass is 10.0. The fourth-order valence-corrected chi connectivity index (χ4v) is 7.13. The molecule has 9 aromatic rings. The van der Waals surface area contributed by atoms with Gasteiger partial charge in [-0.3, -0.25) is 0 Å². The fraction of sp³-hybridized carbons (Fsp3) is 0. The summed E-state index contributed by atoms with van der Waals surface area (Å²) in [7, 11) is 0. The Morgan fingerprint density at radius 1 is 0.386 bits per heavy atom. The molecule has 3 heterocycles. The van der Waals surface area contributed by atoms with Gasteiger partial charge in [-0.25, -0.2) is 15.0 Å². The molecule has 206 valence electrons. The van der Waals surface area contributed by atoms with E-state index in [0.29, 0.717) is 17.5 Å². The summed E-state index contributed by atoms with van der Waals surface area (Å²) in [5.74, 6) is 1.87. The molecule has 0 amide bonds. The first-order valence-electron chi connectivity index (χ1n) is 14.5. The molecule has 0 aliphatic rings. The summed E-state index contributed by atoms with van der Waals surface area (Å²) in [6.07, 6.45) is 0. The zero-order valence-electron chi connectivity index (χ0n) is 23.4. The van der Waals surface area contributed by atoms with E-state index >= 15 is 0 Å². The third-order valence-corrected chi connectivity index (χ3v) is 9.29. The van der Waals surface area contributed by atoms with Gasteiger partial charge in [0.1, 0.15) is 11.2 Å². The Morgan fingerprint density at radius 2 is 0.955 bits per heavy atom. The summed E-state index contributed by atoms with van der Waals surface area (Å²) in [5.41, 5.74) is 6.77. The predicted molar refractivity (Wildman–Crippen MR) is 182 cm³/mol. The second-order valence-electron chi connectivity index (χ2n) is 10.8. The van der Waals surface area contributed by atoms with Gasteiger partial charge >= 0.3 is 0 Å². The molecule has 9 rings (SSSR count). The molecule has 0 bridgehead atoms. The van der Waals surface area contributed by atoms with Gasteiger partial charge in [-0.2, -0.15) is 0 Å². The summed E-state index contributed by atoms with van der Waals surface area (Å²) >= 11 is 1.82. The average Bonchev–Trinajstić information content (AvgIpc) is 3.66. The molecule has 0 atom stereocenters. The van der Waals surface area contributed by atoms with Gasteiger partial charge in [0.25, 0.3) is 0 Å².